The molecule has 0 aliphatic heterocycles. The van der Waals surface area contributed by atoms with Crippen LogP contribution >= 0.6 is 11.3 Å². The highest BCUT2D eigenvalue weighted by molar-refractivity contribution is 7.17. The van der Waals surface area contributed by atoms with Crippen LogP contribution in [-0.2, 0) is 6.54 Å². The van der Waals surface area contributed by atoms with Crippen LogP contribution in [0.3, 0.4) is 0 Å². The van der Waals surface area contributed by atoms with Crippen LogP contribution in [0.5, 0.6) is 0 Å². The van der Waals surface area contributed by atoms with Crippen molar-refractivity contribution in [3.8, 4) is 0 Å². The van der Waals surface area contributed by atoms with Gasteiger partial charge in [-0.15, -0.1) is 11.3 Å². The minimum Gasteiger partial charge on any atom is -0.467 e. The summed E-state index contributed by atoms with van der Waals surface area (Å²) in [4.78, 5) is 4.33. The number of rotatable bonds is 3. The Hall–Kier alpha value is -1.81. The molecular weight excluding hydrogens is 220 g/mol. The first-order chi connectivity index (χ1) is 7.93. The summed E-state index contributed by atoms with van der Waals surface area (Å²) < 4.78 is 6.51. The van der Waals surface area contributed by atoms with Gasteiger partial charge in [-0.25, -0.2) is 4.98 Å². The molecule has 0 aliphatic carbocycles. The quantitative estimate of drug-likeness (QED) is 0.748. The number of anilines is 1. The maximum atomic E-state index is 5.26. The lowest BCUT2D eigenvalue weighted by atomic mass is 10.3. The minimum atomic E-state index is 0.662. The molecule has 3 nitrogen and oxygen atoms in total. The molecule has 0 bridgehead atoms. The predicted molar refractivity (Wildman–Crippen MR) is 65.7 cm³/mol. The van der Waals surface area contributed by atoms with E-state index in [1.807, 2.05) is 24.4 Å². The third-order valence-corrected chi connectivity index (χ3v) is 3.27. The largest absolute Gasteiger partial charge is 0.467 e. The van der Waals surface area contributed by atoms with Crippen LogP contribution < -0.4 is 5.32 Å². The molecule has 0 fully saturated rings. The number of thiophene rings is 1. The molecule has 3 heterocycles. The zero-order valence-corrected chi connectivity index (χ0v) is 9.33. The molecular formula is C12H10N2OS. The van der Waals surface area contributed by atoms with E-state index in [1.165, 1.54) is 10.1 Å². The summed E-state index contributed by atoms with van der Waals surface area (Å²) in [5.41, 5.74) is 0. The molecule has 1 N–H and O–H groups in total. The zero-order valence-electron chi connectivity index (χ0n) is 8.51. The molecule has 0 spiro atoms. The highest BCUT2D eigenvalue weighted by atomic mass is 32.1. The van der Waals surface area contributed by atoms with Crippen LogP contribution in [-0.4, -0.2) is 4.98 Å². The third-order valence-electron chi connectivity index (χ3n) is 2.39. The molecule has 0 radical (unpaired) electrons. The maximum absolute atomic E-state index is 5.26. The number of hydrogen-bond donors (Lipinski definition) is 1. The lowest BCUT2D eigenvalue weighted by Crippen LogP contribution is -2.00. The minimum absolute atomic E-state index is 0.662. The summed E-state index contributed by atoms with van der Waals surface area (Å²) >= 11 is 1.72. The van der Waals surface area contributed by atoms with Gasteiger partial charge in [-0.2, -0.15) is 0 Å². The summed E-state index contributed by atoms with van der Waals surface area (Å²) in [6.45, 7) is 0.662. The first-order valence-corrected chi connectivity index (χ1v) is 5.90. The second kappa shape index (κ2) is 3.98. The van der Waals surface area contributed by atoms with Crippen LogP contribution in [0.1, 0.15) is 5.76 Å². The number of fused-ring (bicyclic) bond motifs is 1. The Morgan fingerprint density at radius 1 is 1.31 bits per heavy atom. The van der Waals surface area contributed by atoms with Crippen molar-refractivity contribution in [2.75, 3.05) is 5.32 Å². The predicted octanol–water partition coefficient (Wildman–Crippen LogP) is 3.50. The van der Waals surface area contributed by atoms with E-state index in [4.69, 9.17) is 4.42 Å². The van der Waals surface area contributed by atoms with E-state index in [2.05, 4.69) is 21.7 Å². The van der Waals surface area contributed by atoms with Crippen LogP contribution in [0.4, 0.5) is 5.82 Å². The van der Waals surface area contributed by atoms with Crippen LogP contribution in [0, 0.1) is 0 Å². The average molecular weight is 230 g/mol. The van der Waals surface area contributed by atoms with Crippen LogP contribution in [0.25, 0.3) is 10.1 Å². The number of nitrogens with zero attached hydrogens (tertiary/aromatic N) is 1. The van der Waals surface area contributed by atoms with E-state index < -0.39 is 0 Å². The molecule has 3 aromatic rings. The van der Waals surface area contributed by atoms with E-state index in [-0.39, 0.29) is 0 Å². The summed E-state index contributed by atoms with van der Waals surface area (Å²) in [7, 11) is 0. The monoisotopic (exact) mass is 230 g/mol. The summed E-state index contributed by atoms with van der Waals surface area (Å²) in [5.74, 6) is 1.82. The molecule has 4 heteroatoms. The average Bonchev–Trinajstić information content (AvgIpc) is 2.97. The summed E-state index contributed by atoms with van der Waals surface area (Å²) in [6, 6.07) is 7.94. The van der Waals surface area contributed by atoms with Crippen molar-refractivity contribution in [3.05, 3.63) is 47.9 Å². The number of pyridine rings is 1. The Labute approximate surface area is 96.7 Å². The SMILES string of the molecule is c1coc(CNc2nccc3sccc23)c1. The van der Waals surface area contributed by atoms with E-state index in [9.17, 15) is 0 Å². The first kappa shape index (κ1) is 9.42. The van der Waals surface area contributed by atoms with Gasteiger partial charge in [-0.05, 0) is 29.6 Å². The number of furan rings is 1. The van der Waals surface area contributed by atoms with Gasteiger partial charge in [0, 0.05) is 16.3 Å². The van der Waals surface area contributed by atoms with E-state index in [1.54, 1.807) is 17.6 Å². The van der Waals surface area contributed by atoms with Gasteiger partial charge in [0.1, 0.15) is 11.6 Å². The molecule has 0 atom stereocenters. The van der Waals surface area contributed by atoms with Gasteiger partial charge >= 0.3 is 0 Å². The number of nitrogens with one attached hydrogen (secondary N) is 1. The molecule has 0 unspecified atom stereocenters. The van der Waals surface area contributed by atoms with Crippen LogP contribution in [0.2, 0.25) is 0 Å². The fourth-order valence-electron chi connectivity index (χ4n) is 1.62. The van der Waals surface area contributed by atoms with Crippen molar-refractivity contribution in [1.82, 2.24) is 4.98 Å². The molecule has 3 aromatic heterocycles. The van der Waals surface area contributed by atoms with Gasteiger partial charge in [-0.3, -0.25) is 0 Å². The second-order valence-corrected chi connectivity index (χ2v) is 4.37. The molecule has 0 saturated heterocycles. The van der Waals surface area contributed by atoms with Crippen LogP contribution in [0.15, 0.2) is 46.5 Å². The fraction of sp³-hybridized carbons (Fsp3) is 0.0833. The molecule has 80 valence electrons. The normalized spacial score (nSPS) is 10.8. The first-order valence-electron chi connectivity index (χ1n) is 5.02. The summed E-state index contributed by atoms with van der Waals surface area (Å²) in [5, 5.41) is 6.52. The van der Waals surface area contributed by atoms with E-state index in [0.29, 0.717) is 6.54 Å². The van der Waals surface area contributed by atoms with Crippen molar-refractivity contribution in [1.29, 1.82) is 0 Å². The van der Waals surface area contributed by atoms with Gasteiger partial charge in [-0.1, -0.05) is 0 Å². The standard InChI is InChI=1S/C12H10N2OS/c1-2-9(15-6-1)8-14-12-10-4-7-16-11(10)3-5-13-12/h1-7H,8H2,(H,13,14). The van der Waals surface area contributed by atoms with Crippen molar-refractivity contribution in [3.63, 3.8) is 0 Å². The van der Waals surface area contributed by atoms with Crippen molar-refractivity contribution >= 4 is 27.2 Å². The molecule has 0 saturated carbocycles. The molecule has 0 aromatic carbocycles. The lowest BCUT2D eigenvalue weighted by Gasteiger charge is -2.04. The third kappa shape index (κ3) is 1.67. The smallest absolute Gasteiger partial charge is 0.135 e. The number of hydrogen-bond acceptors (Lipinski definition) is 4. The zero-order chi connectivity index (χ0) is 10.8. The Balaban J connectivity index is 1.86. The Morgan fingerprint density at radius 3 is 3.19 bits per heavy atom. The Morgan fingerprint density at radius 2 is 2.31 bits per heavy atom. The number of aromatic nitrogens is 1. The maximum Gasteiger partial charge on any atom is 0.135 e. The van der Waals surface area contributed by atoms with E-state index in [0.717, 1.165) is 11.6 Å². The molecule has 0 amide bonds. The topological polar surface area (TPSA) is 38.1 Å². The highest BCUT2D eigenvalue weighted by Crippen LogP contribution is 2.25. The van der Waals surface area contributed by atoms with Gasteiger partial charge in [0.2, 0.25) is 0 Å². The Kier molecular flexibility index (Phi) is 2.34. The molecule has 16 heavy (non-hydrogen) atoms. The lowest BCUT2D eigenvalue weighted by molar-refractivity contribution is 0.518. The van der Waals surface area contributed by atoms with E-state index >= 15 is 0 Å². The fourth-order valence-corrected chi connectivity index (χ4v) is 2.40. The molecule has 0 aliphatic rings. The molecule has 3 rings (SSSR count). The second-order valence-electron chi connectivity index (χ2n) is 3.42. The summed E-state index contributed by atoms with van der Waals surface area (Å²) in [6.07, 6.45) is 3.50. The van der Waals surface area contributed by atoms with Crippen molar-refractivity contribution < 1.29 is 4.42 Å². The Bertz CT molecular complexity index is 586. The van der Waals surface area contributed by atoms with Gasteiger partial charge in [0.25, 0.3) is 0 Å². The van der Waals surface area contributed by atoms with Crippen molar-refractivity contribution in [2.24, 2.45) is 0 Å². The van der Waals surface area contributed by atoms with Gasteiger partial charge in [0.05, 0.1) is 12.8 Å². The van der Waals surface area contributed by atoms with Crippen molar-refractivity contribution in [2.45, 2.75) is 6.54 Å². The van der Waals surface area contributed by atoms with Gasteiger partial charge < -0.3 is 9.73 Å². The van der Waals surface area contributed by atoms with Gasteiger partial charge in [0.15, 0.2) is 0 Å². The highest BCUT2D eigenvalue weighted by Gasteiger charge is 2.03.